The van der Waals surface area contributed by atoms with Crippen molar-refractivity contribution in [2.75, 3.05) is 44.2 Å². The first-order valence-electron chi connectivity index (χ1n) is 12.2. The third-order valence-electron chi connectivity index (χ3n) is 6.93. The Hall–Kier alpha value is -2.53. The molecule has 2 aliphatic rings. The molecular weight excluding hydrogens is 398 g/mol. The lowest BCUT2D eigenvalue weighted by Crippen LogP contribution is -2.46. The number of hydrogen-bond donors (Lipinski definition) is 1. The van der Waals surface area contributed by atoms with E-state index in [9.17, 15) is 4.79 Å². The molecule has 1 aliphatic heterocycles. The van der Waals surface area contributed by atoms with Gasteiger partial charge >= 0.3 is 6.09 Å². The van der Waals surface area contributed by atoms with Crippen LogP contribution in [0.1, 0.15) is 61.6 Å². The van der Waals surface area contributed by atoms with Crippen LogP contribution in [0.5, 0.6) is 0 Å². The Morgan fingerprint density at radius 3 is 2.59 bits per heavy atom. The zero-order chi connectivity index (χ0) is 22.3. The van der Waals surface area contributed by atoms with Gasteiger partial charge in [-0.1, -0.05) is 50.2 Å². The van der Waals surface area contributed by atoms with Crippen molar-refractivity contribution in [3.8, 4) is 0 Å². The average molecular weight is 436 g/mol. The Bertz CT molecular complexity index is 878. The van der Waals surface area contributed by atoms with Gasteiger partial charge in [-0.3, -0.25) is 4.90 Å². The molecule has 0 saturated carbocycles. The Morgan fingerprint density at radius 1 is 1.06 bits per heavy atom. The maximum atomic E-state index is 12.0. The number of fused-ring (bicyclic) bond motifs is 1. The van der Waals surface area contributed by atoms with Crippen LogP contribution in [0.2, 0.25) is 0 Å². The summed E-state index contributed by atoms with van der Waals surface area (Å²) in [6.07, 6.45) is 3.01. The van der Waals surface area contributed by atoms with Gasteiger partial charge in [-0.05, 0) is 66.5 Å². The maximum absolute atomic E-state index is 12.0. The number of carbonyl (C=O) groups is 1. The van der Waals surface area contributed by atoms with Crippen LogP contribution in [0.25, 0.3) is 0 Å². The third-order valence-corrected chi connectivity index (χ3v) is 6.93. The summed E-state index contributed by atoms with van der Waals surface area (Å²) in [5.74, 6) is 1.08. The van der Waals surface area contributed by atoms with E-state index in [0.29, 0.717) is 25.0 Å². The number of benzene rings is 2. The van der Waals surface area contributed by atoms with Crippen LogP contribution in [0.4, 0.5) is 10.5 Å². The van der Waals surface area contributed by atoms with E-state index in [4.69, 9.17) is 4.74 Å². The van der Waals surface area contributed by atoms with Gasteiger partial charge in [0.15, 0.2) is 0 Å². The van der Waals surface area contributed by atoms with Crippen LogP contribution in [-0.4, -0.2) is 50.3 Å². The predicted molar refractivity (Wildman–Crippen MR) is 130 cm³/mol. The molecular formula is C27H37N3O2. The molecule has 1 amide bonds. The molecule has 32 heavy (non-hydrogen) atoms. The molecule has 2 atom stereocenters. The van der Waals surface area contributed by atoms with E-state index in [1.165, 1.54) is 29.8 Å². The SMILES string of the molecule is CCCN1CCN(c2ccc3c(c2)[C@H](C)C[C@H]3CCNC(=O)OCc2ccccc2)CC1. The zero-order valence-corrected chi connectivity index (χ0v) is 19.6. The number of anilines is 1. The summed E-state index contributed by atoms with van der Waals surface area (Å²) >= 11 is 0. The van der Waals surface area contributed by atoms with Crippen molar-refractivity contribution < 1.29 is 9.53 Å². The Kier molecular flexibility index (Phi) is 7.69. The van der Waals surface area contributed by atoms with Gasteiger partial charge in [-0.15, -0.1) is 0 Å². The minimum atomic E-state index is -0.335. The Morgan fingerprint density at radius 2 is 1.84 bits per heavy atom. The number of amides is 1. The number of alkyl carbamates (subject to hydrolysis) is 1. The Balaban J connectivity index is 1.26. The molecule has 1 N–H and O–H groups in total. The smallest absolute Gasteiger partial charge is 0.407 e. The first kappa shape index (κ1) is 22.7. The molecule has 172 valence electrons. The topological polar surface area (TPSA) is 44.8 Å². The van der Waals surface area contributed by atoms with Gasteiger partial charge in [-0.2, -0.15) is 0 Å². The van der Waals surface area contributed by atoms with E-state index in [0.717, 1.165) is 44.6 Å². The number of hydrogen-bond acceptors (Lipinski definition) is 4. The molecule has 0 radical (unpaired) electrons. The van der Waals surface area contributed by atoms with Crippen molar-refractivity contribution >= 4 is 11.8 Å². The zero-order valence-electron chi connectivity index (χ0n) is 19.6. The number of nitrogens with one attached hydrogen (secondary N) is 1. The third kappa shape index (κ3) is 5.63. The van der Waals surface area contributed by atoms with Crippen molar-refractivity contribution in [1.82, 2.24) is 10.2 Å². The molecule has 0 aromatic heterocycles. The Labute approximate surface area is 192 Å². The number of rotatable bonds is 8. The summed E-state index contributed by atoms with van der Waals surface area (Å²) in [5, 5.41) is 2.93. The normalized spacial score (nSPS) is 20.8. The molecule has 4 rings (SSSR count). The summed E-state index contributed by atoms with van der Waals surface area (Å²) in [6.45, 7) is 11.3. The van der Waals surface area contributed by atoms with Crippen molar-refractivity contribution in [2.45, 2.75) is 51.6 Å². The second kappa shape index (κ2) is 10.9. The summed E-state index contributed by atoms with van der Waals surface area (Å²) in [4.78, 5) is 17.1. The molecule has 0 spiro atoms. The van der Waals surface area contributed by atoms with E-state index in [1.807, 2.05) is 30.3 Å². The fourth-order valence-corrected chi connectivity index (χ4v) is 5.18. The highest BCUT2D eigenvalue weighted by atomic mass is 16.5. The standard InChI is InChI=1S/C27H37N3O2/c1-3-13-29-14-16-30(17-15-29)24-9-10-25-23(18-21(2)26(25)19-24)11-12-28-27(31)32-20-22-7-5-4-6-8-22/h4-10,19,21,23H,3,11-18,20H2,1-2H3,(H,28,31)/t21-,23-/m1/s1. The van der Waals surface area contributed by atoms with Crippen LogP contribution in [0.15, 0.2) is 48.5 Å². The molecule has 5 nitrogen and oxygen atoms in total. The molecule has 2 aromatic carbocycles. The van der Waals surface area contributed by atoms with Gasteiger partial charge in [0.05, 0.1) is 0 Å². The lowest BCUT2D eigenvalue weighted by Gasteiger charge is -2.36. The predicted octanol–water partition coefficient (Wildman–Crippen LogP) is 5.13. The fourth-order valence-electron chi connectivity index (χ4n) is 5.18. The summed E-state index contributed by atoms with van der Waals surface area (Å²) in [6, 6.07) is 16.9. The van der Waals surface area contributed by atoms with Gasteiger partial charge in [-0.25, -0.2) is 4.79 Å². The summed E-state index contributed by atoms with van der Waals surface area (Å²) < 4.78 is 5.33. The number of nitrogens with zero attached hydrogens (tertiary/aromatic N) is 2. The van der Waals surface area contributed by atoms with Gasteiger partial charge in [0.1, 0.15) is 6.61 Å². The second-order valence-corrected chi connectivity index (χ2v) is 9.25. The molecule has 1 aliphatic carbocycles. The van der Waals surface area contributed by atoms with E-state index >= 15 is 0 Å². The number of ether oxygens (including phenoxy) is 1. The van der Waals surface area contributed by atoms with Crippen molar-refractivity contribution in [2.24, 2.45) is 0 Å². The van der Waals surface area contributed by atoms with Crippen LogP contribution < -0.4 is 10.2 Å². The maximum Gasteiger partial charge on any atom is 0.407 e. The highest BCUT2D eigenvalue weighted by Crippen LogP contribution is 2.44. The number of piperazine rings is 1. The van der Waals surface area contributed by atoms with Crippen molar-refractivity contribution in [3.05, 3.63) is 65.2 Å². The highest BCUT2D eigenvalue weighted by molar-refractivity contribution is 5.67. The van der Waals surface area contributed by atoms with Crippen LogP contribution in [0, 0.1) is 0 Å². The molecule has 0 bridgehead atoms. The van der Waals surface area contributed by atoms with E-state index in [2.05, 4.69) is 47.2 Å². The van der Waals surface area contributed by atoms with E-state index < -0.39 is 0 Å². The van der Waals surface area contributed by atoms with Gasteiger partial charge < -0.3 is 15.0 Å². The average Bonchev–Trinajstić information content (AvgIpc) is 3.14. The second-order valence-electron chi connectivity index (χ2n) is 9.25. The molecule has 0 unspecified atom stereocenters. The van der Waals surface area contributed by atoms with Crippen LogP contribution in [-0.2, 0) is 11.3 Å². The number of carbonyl (C=O) groups excluding carboxylic acids is 1. The van der Waals surface area contributed by atoms with Crippen molar-refractivity contribution in [1.29, 1.82) is 0 Å². The minimum absolute atomic E-state index is 0.311. The van der Waals surface area contributed by atoms with Gasteiger partial charge in [0.2, 0.25) is 0 Å². The molecule has 2 aromatic rings. The fraction of sp³-hybridized carbons (Fsp3) is 0.519. The molecule has 1 fully saturated rings. The monoisotopic (exact) mass is 435 g/mol. The lowest BCUT2D eigenvalue weighted by molar-refractivity contribution is 0.139. The first-order chi connectivity index (χ1) is 15.6. The van der Waals surface area contributed by atoms with E-state index in [-0.39, 0.29) is 6.09 Å². The van der Waals surface area contributed by atoms with Gasteiger partial charge in [0.25, 0.3) is 0 Å². The largest absolute Gasteiger partial charge is 0.445 e. The highest BCUT2D eigenvalue weighted by Gasteiger charge is 2.29. The molecule has 5 heteroatoms. The molecule has 1 heterocycles. The molecule has 1 saturated heterocycles. The van der Waals surface area contributed by atoms with E-state index in [1.54, 1.807) is 0 Å². The van der Waals surface area contributed by atoms with Crippen LogP contribution in [0.3, 0.4) is 0 Å². The first-order valence-corrected chi connectivity index (χ1v) is 12.2. The lowest BCUT2D eigenvalue weighted by atomic mass is 9.97. The summed E-state index contributed by atoms with van der Waals surface area (Å²) in [7, 11) is 0. The summed E-state index contributed by atoms with van der Waals surface area (Å²) in [5.41, 5.74) is 5.33. The quantitative estimate of drug-likeness (QED) is 0.625. The van der Waals surface area contributed by atoms with Crippen molar-refractivity contribution in [3.63, 3.8) is 0 Å². The van der Waals surface area contributed by atoms with Crippen LogP contribution >= 0.6 is 0 Å². The van der Waals surface area contributed by atoms with Gasteiger partial charge in [0, 0.05) is 38.4 Å². The minimum Gasteiger partial charge on any atom is -0.445 e.